The smallest absolute Gasteiger partial charge is 0.354 e. The standard InChI is InChI=1S/C19H17ClFN5O3/c1-25-9-11(8-22-25)16-10-26(4-5-29-16)17-7-15(19(27)28)23-18(24-17)13-3-2-12(20)6-14(13)21/h2-3,6-9,16H,4-5,10H2,1H3,(H,27,28). The largest absolute Gasteiger partial charge is 0.477 e. The molecule has 1 N–H and O–H groups in total. The first-order valence-corrected chi connectivity index (χ1v) is 9.21. The van der Waals surface area contributed by atoms with Gasteiger partial charge in [0.1, 0.15) is 17.7 Å². The minimum atomic E-state index is -1.22. The number of halogens is 2. The Morgan fingerprint density at radius 1 is 1.34 bits per heavy atom. The number of benzene rings is 1. The van der Waals surface area contributed by atoms with E-state index in [-0.39, 0.29) is 28.2 Å². The fourth-order valence-corrected chi connectivity index (χ4v) is 3.32. The maximum atomic E-state index is 14.4. The van der Waals surface area contributed by atoms with Gasteiger partial charge in [-0.1, -0.05) is 11.6 Å². The number of hydrogen-bond donors (Lipinski definition) is 1. The zero-order valence-electron chi connectivity index (χ0n) is 15.4. The highest BCUT2D eigenvalue weighted by Crippen LogP contribution is 2.28. The Hall–Kier alpha value is -3.04. The van der Waals surface area contributed by atoms with Crippen molar-refractivity contribution in [3.05, 3.63) is 58.8 Å². The van der Waals surface area contributed by atoms with E-state index in [4.69, 9.17) is 16.3 Å². The van der Waals surface area contributed by atoms with Crippen molar-refractivity contribution in [3.8, 4) is 11.4 Å². The van der Waals surface area contributed by atoms with Gasteiger partial charge in [0.25, 0.3) is 0 Å². The monoisotopic (exact) mass is 417 g/mol. The Morgan fingerprint density at radius 2 is 2.17 bits per heavy atom. The molecule has 1 aromatic carbocycles. The quantitative estimate of drug-likeness (QED) is 0.697. The van der Waals surface area contributed by atoms with E-state index in [1.807, 2.05) is 18.1 Å². The Kier molecular flexibility index (Phi) is 5.16. The maximum Gasteiger partial charge on any atom is 0.354 e. The fraction of sp³-hybridized carbons (Fsp3) is 0.263. The Morgan fingerprint density at radius 3 is 2.86 bits per heavy atom. The first-order chi connectivity index (χ1) is 13.9. The number of carboxylic acid groups (broad SMARTS) is 1. The molecule has 0 amide bonds. The summed E-state index contributed by atoms with van der Waals surface area (Å²) in [5.74, 6) is -1.47. The number of aryl methyl sites for hydroxylation is 1. The molecule has 0 saturated carbocycles. The molecule has 0 radical (unpaired) electrons. The highest BCUT2D eigenvalue weighted by molar-refractivity contribution is 6.30. The average molecular weight is 418 g/mol. The van der Waals surface area contributed by atoms with E-state index in [0.717, 1.165) is 11.6 Å². The summed E-state index contributed by atoms with van der Waals surface area (Å²) in [5, 5.41) is 13.9. The van der Waals surface area contributed by atoms with Crippen LogP contribution in [0.3, 0.4) is 0 Å². The zero-order valence-corrected chi connectivity index (χ0v) is 16.2. The van der Waals surface area contributed by atoms with Gasteiger partial charge in [-0.25, -0.2) is 19.2 Å². The van der Waals surface area contributed by atoms with Crippen LogP contribution in [0.25, 0.3) is 11.4 Å². The van der Waals surface area contributed by atoms with E-state index < -0.39 is 11.8 Å². The van der Waals surface area contributed by atoms with Gasteiger partial charge in [-0.05, 0) is 18.2 Å². The van der Waals surface area contributed by atoms with Gasteiger partial charge in [-0.2, -0.15) is 5.10 Å². The molecule has 2 aromatic heterocycles. The maximum absolute atomic E-state index is 14.4. The molecule has 0 bridgehead atoms. The number of nitrogens with zero attached hydrogens (tertiary/aromatic N) is 5. The van der Waals surface area contributed by atoms with Gasteiger partial charge in [-0.15, -0.1) is 0 Å². The third kappa shape index (κ3) is 4.06. The van der Waals surface area contributed by atoms with Gasteiger partial charge in [0.2, 0.25) is 0 Å². The molecule has 8 nitrogen and oxygen atoms in total. The van der Waals surface area contributed by atoms with Crippen LogP contribution in [0.1, 0.15) is 22.2 Å². The molecule has 3 heterocycles. The lowest BCUT2D eigenvalue weighted by atomic mass is 10.1. The van der Waals surface area contributed by atoms with Crippen LogP contribution < -0.4 is 4.90 Å². The summed E-state index contributed by atoms with van der Waals surface area (Å²) in [6.45, 7) is 1.39. The van der Waals surface area contributed by atoms with Crippen molar-refractivity contribution >= 4 is 23.4 Å². The van der Waals surface area contributed by atoms with Gasteiger partial charge >= 0.3 is 5.97 Å². The molecule has 10 heteroatoms. The number of hydrogen-bond acceptors (Lipinski definition) is 6. The second-order valence-corrected chi connectivity index (χ2v) is 7.05. The Balaban J connectivity index is 1.71. The SMILES string of the molecule is Cn1cc(C2CN(c3cc(C(=O)O)nc(-c4ccc(Cl)cc4F)n3)CCO2)cn1. The second kappa shape index (κ2) is 7.76. The van der Waals surface area contributed by atoms with Crippen molar-refractivity contribution in [1.29, 1.82) is 0 Å². The van der Waals surface area contributed by atoms with Crippen LogP contribution in [-0.4, -0.2) is 50.5 Å². The average Bonchev–Trinajstić information content (AvgIpc) is 3.14. The normalized spacial score (nSPS) is 16.8. The Bertz CT molecular complexity index is 1070. The van der Waals surface area contributed by atoms with Crippen LogP contribution in [0.2, 0.25) is 5.02 Å². The summed E-state index contributed by atoms with van der Waals surface area (Å²) in [6.07, 6.45) is 3.35. The van der Waals surface area contributed by atoms with Crippen molar-refractivity contribution in [3.63, 3.8) is 0 Å². The molecule has 1 aliphatic heterocycles. The van der Waals surface area contributed by atoms with Crippen LogP contribution in [0.5, 0.6) is 0 Å². The van der Waals surface area contributed by atoms with Crippen molar-refractivity contribution in [2.24, 2.45) is 7.05 Å². The van der Waals surface area contributed by atoms with E-state index in [0.29, 0.717) is 25.5 Å². The predicted molar refractivity (Wildman–Crippen MR) is 104 cm³/mol. The van der Waals surface area contributed by atoms with Crippen molar-refractivity contribution in [2.75, 3.05) is 24.6 Å². The number of rotatable bonds is 4. The molecule has 1 unspecified atom stereocenters. The molecule has 1 saturated heterocycles. The molecule has 3 aromatic rings. The first-order valence-electron chi connectivity index (χ1n) is 8.83. The molecule has 1 aliphatic rings. The lowest BCUT2D eigenvalue weighted by Crippen LogP contribution is -2.39. The molecule has 29 heavy (non-hydrogen) atoms. The van der Waals surface area contributed by atoms with Crippen LogP contribution in [-0.2, 0) is 11.8 Å². The highest BCUT2D eigenvalue weighted by Gasteiger charge is 2.26. The molecule has 4 rings (SSSR count). The van der Waals surface area contributed by atoms with E-state index in [1.165, 1.54) is 18.2 Å². The number of carbonyl (C=O) groups is 1. The number of aromatic carboxylic acids is 1. The molecule has 0 aliphatic carbocycles. The molecule has 1 fully saturated rings. The number of aromatic nitrogens is 4. The van der Waals surface area contributed by atoms with Gasteiger partial charge in [0.15, 0.2) is 11.5 Å². The Labute approximate surface area is 170 Å². The van der Waals surface area contributed by atoms with Crippen molar-refractivity contribution in [1.82, 2.24) is 19.7 Å². The minimum absolute atomic E-state index is 0.0153. The van der Waals surface area contributed by atoms with Gasteiger partial charge in [0, 0.05) is 43.0 Å². The summed E-state index contributed by atoms with van der Waals surface area (Å²) >= 11 is 5.81. The third-order valence-electron chi connectivity index (χ3n) is 4.59. The number of anilines is 1. The highest BCUT2D eigenvalue weighted by atomic mass is 35.5. The summed E-state index contributed by atoms with van der Waals surface area (Å²) in [6, 6.07) is 5.45. The number of morpholine rings is 1. The summed E-state index contributed by atoms with van der Waals surface area (Å²) in [4.78, 5) is 21.9. The summed E-state index contributed by atoms with van der Waals surface area (Å²) in [5.41, 5.74) is 0.772. The third-order valence-corrected chi connectivity index (χ3v) is 4.83. The number of ether oxygens (including phenoxy) is 1. The van der Waals surface area contributed by atoms with Gasteiger partial charge < -0.3 is 14.7 Å². The first kappa shape index (κ1) is 19.3. The van der Waals surface area contributed by atoms with Crippen molar-refractivity contribution < 1.29 is 19.0 Å². The van der Waals surface area contributed by atoms with E-state index in [9.17, 15) is 14.3 Å². The molecule has 0 spiro atoms. The van der Waals surface area contributed by atoms with Gasteiger partial charge in [0.05, 0.1) is 18.4 Å². The van der Waals surface area contributed by atoms with Gasteiger partial charge in [-0.3, -0.25) is 4.68 Å². The second-order valence-electron chi connectivity index (χ2n) is 6.62. The molecular weight excluding hydrogens is 401 g/mol. The summed E-state index contributed by atoms with van der Waals surface area (Å²) in [7, 11) is 1.82. The van der Waals surface area contributed by atoms with E-state index in [1.54, 1.807) is 10.9 Å². The lowest BCUT2D eigenvalue weighted by Gasteiger charge is -2.33. The predicted octanol–water partition coefficient (Wildman–Crippen LogP) is 2.95. The van der Waals surface area contributed by atoms with E-state index >= 15 is 0 Å². The van der Waals surface area contributed by atoms with Crippen LogP contribution >= 0.6 is 11.6 Å². The molecule has 1 atom stereocenters. The topological polar surface area (TPSA) is 93.4 Å². The van der Waals surface area contributed by atoms with Crippen LogP contribution in [0.4, 0.5) is 10.2 Å². The summed E-state index contributed by atoms with van der Waals surface area (Å²) < 4.78 is 21.9. The fourth-order valence-electron chi connectivity index (χ4n) is 3.16. The zero-order chi connectivity index (χ0) is 20.5. The number of carboxylic acids is 1. The van der Waals surface area contributed by atoms with Crippen molar-refractivity contribution in [2.45, 2.75) is 6.10 Å². The minimum Gasteiger partial charge on any atom is -0.477 e. The molecule has 150 valence electrons. The molecular formula is C19H17ClFN5O3. The lowest BCUT2D eigenvalue weighted by molar-refractivity contribution is 0.0395. The van der Waals surface area contributed by atoms with Crippen LogP contribution in [0, 0.1) is 5.82 Å². The van der Waals surface area contributed by atoms with E-state index in [2.05, 4.69) is 15.1 Å². The van der Waals surface area contributed by atoms with Crippen LogP contribution in [0.15, 0.2) is 36.7 Å².